The van der Waals surface area contributed by atoms with Gasteiger partial charge in [0.05, 0.1) is 12.5 Å². The molecule has 2 atom stereocenters. The average Bonchev–Trinajstić information content (AvgIpc) is 2.42. The first-order chi connectivity index (χ1) is 9.56. The molecule has 0 heterocycles. The van der Waals surface area contributed by atoms with Gasteiger partial charge in [-0.2, -0.15) is 0 Å². The Morgan fingerprint density at radius 1 is 1.35 bits per heavy atom. The lowest BCUT2D eigenvalue weighted by Crippen LogP contribution is -2.37. The largest absolute Gasteiger partial charge is 0.508 e. The molecule has 0 spiro atoms. The first-order valence-corrected chi connectivity index (χ1v) is 7.29. The fourth-order valence-electron chi connectivity index (χ4n) is 2.68. The molecule has 0 aromatic heterocycles. The Kier molecular flexibility index (Phi) is 5.01. The predicted octanol–water partition coefficient (Wildman–Crippen LogP) is 1.91. The number of carbonyl (C=O) groups excluding carboxylic acids is 1. The van der Waals surface area contributed by atoms with E-state index in [1.165, 1.54) is 0 Å². The van der Waals surface area contributed by atoms with Crippen molar-refractivity contribution >= 4 is 5.91 Å². The van der Waals surface area contributed by atoms with Gasteiger partial charge in [-0.1, -0.05) is 25.0 Å². The molecule has 0 aliphatic heterocycles. The maximum Gasteiger partial charge on any atom is 0.224 e. The molecule has 1 fully saturated rings. The van der Waals surface area contributed by atoms with Crippen molar-refractivity contribution in [3.63, 3.8) is 0 Å². The highest BCUT2D eigenvalue weighted by Gasteiger charge is 2.23. The van der Waals surface area contributed by atoms with Crippen LogP contribution in [0, 0.1) is 12.8 Å². The zero-order valence-corrected chi connectivity index (χ0v) is 11.9. The third-order valence-electron chi connectivity index (χ3n) is 4.07. The van der Waals surface area contributed by atoms with Crippen LogP contribution in [-0.4, -0.2) is 28.8 Å². The number of aliphatic hydroxyl groups is 1. The number of benzene rings is 1. The zero-order valence-electron chi connectivity index (χ0n) is 11.9. The smallest absolute Gasteiger partial charge is 0.224 e. The summed E-state index contributed by atoms with van der Waals surface area (Å²) in [6, 6.07) is 5.29. The highest BCUT2D eigenvalue weighted by Crippen LogP contribution is 2.23. The number of nitrogens with one attached hydrogen (secondary N) is 1. The van der Waals surface area contributed by atoms with Crippen LogP contribution in [0.4, 0.5) is 0 Å². The molecule has 3 N–H and O–H groups in total. The van der Waals surface area contributed by atoms with Crippen molar-refractivity contribution in [2.75, 3.05) is 6.54 Å². The number of amides is 1. The number of carbonyl (C=O) groups is 1. The van der Waals surface area contributed by atoms with Crippen molar-refractivity contribution in [2.45, 2.75) is 45.1 Å². The molecular formula is C16H23NO3. The molecule has 110 valence electrons. The summed E-state index contributed by atoms with van der Waals surface area (Å²) in [5.74, 6) is 0.336. The molecule has 0 radical (unpaired) electrons. The molecule has 1 aromatic rings. The van der Waals surface area contributed by atoms with Gasteiger partial charge in [-0.05, 0) is 37.0 Å². The van der Waals surface area contributed by atoms with Gasteiger partial charge in [0.2, 0.25) is 5.91 Å². The second-order valence-corrected chi connectivity index (χ2v) is 5.71. The summed E-state index contributed by atoms with van der Waals surface area (Å²) in [5, 5.41) is 22.4. The van der Waals surface area contributed by atoms with Crippen LogP contribution < -0.4 is 5.32 Å². The van der Waals surface area contributed by atoms with Gasteiger partial charge in [-0.15, -0.1) is 0 Å². The third kappa shape index (κ3) is 3.97. The lowest BCUT2D eigenvalue weighted by atomic mass is 9.86. The topological polar surface area (TPSA) is 69.6 Å². The molecule has 1 aliphatic rings. The Balaban J connectivity index is 1.81. The highest BCUT2D eigenvalue weighted by molar-refractivity contribution is 5.78. The van der Waals surface area contributed by atoms with Crippen LogP contribution in [0.25, 0.3) is 0 Å². The van der Waals surface area contributed by atoms with Crippen LogP contribution in [0.1, 0.15) is 36.8 Å². The molecule has 20 heavy (non-hydrogen) atoms. The van der Waals surface area contributed by atoms with Crippen molar-refractivity contribution in [3.05, 3.63) is 29.3 Å². The fraction of sp³-hybridized carbons (Fsp3) is 0.562. The Morgan fingerprint density at radius 3 is 2.80 bits per heavy atom. The van der Waals surface area contributed by atoms with E-state index in [-0.39, 0.29) is 30.1 Å². The van der Waals surface area contributed by atoms with Crippen LogP contribution in [0.3, 0.4) is 0 Å². The molecule has 0 bridgehead atoms. The number of hydrogen-bond donors (Lipinski definition) is 3. The summed E-state index contributed by atoms with van der Waals surface area (Å²) in [6.45, 7) is 2.36. The zero-order chi connectivity index (χ0) is 14.5. The molecule has 2 rings (SSSR count). The molecule has 1 amide bonds. The molecule has 4 nitrogen and oxygen atoms in total. The first kappa shape index (κ1) is 14.9. The van der Waals surface area contributed by atoms with Crippen LogP contribution in [-0.2, 0) is 11.2 Å². The van der Waals surface area contributed by atoms with Crippen molar-refractivity contribution in [1.82, 2.24) is 5.32 Å². The van der Waals surface area contributed by atoms with Crippen molar-refractivity contribution in [1.29, 1.82) is 0 Å². The second-order valence-electron chi connectivity index (χ2n) is 5.71. The van der Waals surface area contributed by atoms with Crippen molar-refractivity contribution in [3.8, 4) is 5.75 Å². The minimum atomic E-state index is -0.285. The number of aryl methyl sites for hydroxylation is 1. The number of phenols is 1. The summed E-state index contributed by atoms with van der Waals surface area (Å²) in [5.41, 5.74) is 1.61. The predicted molar refractivity (Wildman–Crippen MR) is 77.5 cm³/mol. The molecule has 1 saturated carbocycles. The Hall–Kier alpha value is -1.55. The van der Waals surface area contributed by atoms with E-state index < -0.39 is 0 Å². The molecule has 4 heteroatoms. The minimum absolute atomic E-state index is 0.0639. The standard InChI is InChI=1S/C16H23NO3/c1-11-6-7-12(8-15(11)19)9-16(20)17-10-13-4-2-3-5-14(13)18/h6-8,13-14,18-19H,2-5,9-10H2,1H3,(H,17,20). The molecular weight excluding hydrogens is 254 g/mol. The van der Waals surface area contributed by atoms with E-state index in [0.29, 0.717) is 6.54 Å². The highest BCUT2D eigenvalue weighted by atomic mass is 16.3. The SMILES string of the molecule is Cc1ccc(CC(=O)NCC2CCCCC2O)cc1O. The number of hydrogen-bond acceptors (Lipinski definition) is 3. The number of aromatic hydroxyl groups is 1. The quantitative estimate of drug-likeness (QED) is 0.787. The Labute approximate surface area is 119 Å². The van der Waals surface area contributed by atoms with Gasteiger partial charge in [0.25, 0.3) is 0 Å². The summed E-state index contributed by atoms with van der Waals surface area (Å²) in [4.78, 5) is 11.9. The molecule has 2 unspecified atom stereocenters. The summed E-state index contributed by atoms with van der Waals surface area (Å²) in [6.07, 6.45) is 4.00. The van der Waals surface area contributed by atoms with E-state index in [9.17, 15) is 15.0 Å². The maximum absolute atomic E-state index is 11.9. The Bertz CT molecular complexity index is 473. The lowest BCUT2D eigenvalue weighted by Gasteiger charge is -2.27. The number of aliphatic hydroxyl groups excluding tert-OH is 1. The number of rotatable bonds is 4. The van der Waals surface area contributed by atoms with Crippen molar-refractivity contribution in [2.24, 2.45) is 5.92 Å². The average molecular weight is 277 g/mol. The van der Waals surface area contributed by atoms with Crippen LogP contribution in [0.15, 0.2) is 18.2 Å². The molecule has 0 saturated heterocycles. The third-order valence-corrected chi connectivity index (χ3v) is 4.07. The minimum Gasteiger partial charge on any atom is -0.508 e. The maximum atomic E-state index is 11.9. The fourth-order valence-corrected chi connectivity index (χ4v) is 2.68. The van der Waals surface area contributed by atoms with Crippen molar-refractivity contribution < 1.29 is 15.0 Å². The normalized spacial score (nSPS) is 22.5. The molecule has 1 aliphatic carbocycles. The van der Waals surface area contributed by atoms with Gasteiger partial charge >= 0.3 is 0 Å². The van der Waals surface area contributed by atoms with Gasteiger partial charge in [0.1, 0.15) is 5.75 Å². The Morgan fingerprint density at radius 2 is 2.10 bits per heavy atom. The summed E-state index contributed by atoms with van der Waals surface area (Å²) in [7, 11) is 0. The van der Waals surface area contributed by atoms with Gasteiger partial charge in [-0.3, -0.25) is 4.79 Å². The van der Waals surface area contributed by atoms with E-state index in [4.69, 9.17) is 0 Å². The van der Waals surface area contributed by atoms with E-state index in [1.807, 2.05) is 19.1 Å². The van der Waals surface area contributed by atoms with Crippen LogP contribution in [0.2, 0.25) is 0 Å². The number of phenolic OH excluding ortho intramolecular Hbond substituents is 1. The van der Waals surface area contributed by atoms with Gasteiger partial charge in [-0.25, -0.2) is 0 Å². The monoisotopic (exact) mass is 277 g/mol. The summed E-state index contributed by atoms with van der Waals surface area (Å²) >= 11 is 0. The molecule has 1 aromatic carbocycles. The van der Waals surface area contributed by atoms with E-state index in [0.717, 1.165) is 36.8 Å². The van der Waals surface area contributed by atoms with Gasteiger partial charge in [0.15, 0.2) is 0 Å². The lowest BCUT2D eigenvalue weighted by molar-refractivity contribution is -0.120. The van der Waals surface area contributed by atoms with Gasteiger partial charge < -0.3 is 15.5 Å². The van der Waals surface area contributed by atoms with E-state index >= 15 is 0 Å². The van der Waals surface area contributed by atoms with E-state index in [2.05, 4.69) is 5.32 Å². The van der Waals surface area contributed by atoms with Gasteiger partial charge in [0, 0.05) is 12.5 Å². The van der Waals surface area contributed by atoms with Crippen LogP contribution >= 0.6 is 0 Å². The van der Waals surface area contributed by atoms with Crippen LogP contribution in [0.5, 0.6) is 5.75 Å². The van der Waals surface area contributed by atoms with E-state index in [1.54, 1.807) is 6.07 Å². The first-order valence-electron chi connectivity index (χ1n) is 7.29. The second kappa shape index (κ2) is 6.75. The summed E-state index contributed by atoms with van der Waals surface area (Å²) < 4.78 is 0.